The second kappa shape index (κ2) is 4.93. The Morgan fingerprint density at radius 2 is 0.917 bits per heavy atom. The fraction of sp³-hybridized carbons (Fsp3) is 0.900. The fourth-order valence-corrected chi connectivity index (χ4v) is 6.00. The summed E-state index contributed by atoms with van der Waals surface area (Å²) in [5.74, 6) is 0. The van der Waals surface area contributed by atoms with Gasteiger partial charge in [0.2, 0.25) is 0 Å². The van der Waals surface area contributed by atoms with Gasteiger partial charge in [0, 0.05) is 7.43 Å². The molecule has 0 fully saturated rings. The Kier molecular flexibility index (Phi) is 5.98. The van der Waals surface area contributed by atoms with Gasteiger partial charge in [-0.15, -0.1) is 0 Å². The second-order valence-electron chi connectivity index (χ2n) is 4.32. The molecule has 0 aromatic carbocycles. The highest BCUT2D eigenvalue weighted by Gasteiger charge is 2.29. The average molecular weight is 188 g/mol. The minimum Gasteiger partial charge on any atom is -0.858 e. The monoisotopic (exact) mass is 188 g/mol. The molecule has 74 valence electrons. The Bertz CT molecular complexity index is 97.2. The molecule has 12 heavy (non-hydrogen) atoms. The highest BCUT2D eigenvalue weighted by atomic mass is 28.4. The summed E-state index contributed by atoms with van der Waals surface area (Å²) in [7, 11) is -2.23. The van der Waals surface area contributed by atoms with Crippen LogP contribution in [0.15, 0.2) is 0 Å². The van der Waals surface area contributed by atoms with Gasteiger partial charge in [0.05, 0.1) is 0 Å². The molecule has 0 aliphatic rings. The molecule has 0 N–H and O–H groups in total. The van der Waals surface area contributed by atoms with E-state index in [0.29, 0.717) is 16.6 Å². The maximum Gasteiger partial charge on any atom is 0.0467 e. The van der Waals surface area contributed by atoms with Crippen LogP contribution < -0.4 is 4.80 Å². The molecule has 0 rings (SSSR count). The molecular formula is C10H24OSi. The van der Waals surface area contributed by atoms with E-state index in [9.17, 15) is 4.80 Å². The molecule has 0 unspecified atom stereocenters. The largest absolute Gasteiger partial charge is 0.858 e. The minimum atomic E-state index is -2.23. The topological polar surface area (TPSA) is 23.1 Å². The lowest BCUT2D eigenvalue weighted by Crippen LogP contribution is -2.57. The maximum absolute atomic E-state index is 12.3. The van der Waals surface area contributed by atoms with Crippen molar-refractivity contribution in [1.29, 1.82) is 0 Å². The standard InChI is InChI=1S/C9H21OSi.CH3/c1-7(2)11(10,8(3)4)9(5)6;/h7-9H,1-6H3;1H3/q-1;+1. The number of rotatable bonds is 3. The summed E-state index contributed by atoms with van der Waals surface area (Å²) in [5, 5.41) is 0. The maximum atomic E-state index is 12.3. The van der Waals surface area contributed by atoms with E-state index < -0.39 is 8.32 Å². The molecule has 0 amide bonds. The van der Waals surface area contributed by atoms with E-state index in [-0.39, 0.29) is 7.43 Å². The number of hydrogen-bond acceptors (Lipinski definition) is 1. The molecule has 2 heteroatoms. The van der Waals surface area contributed by atoms with Gasteiger partial charge < -0.3 is 4.80 Å². The third-order valence-electron chi connectivity index (χ3n) is 2.71. The first-order valence-electron chi connectivity index (χ1n) is 4.53. The Morgan fingerprint density at radius 1 is 0.750 bits per heavy atom. The van der Waals surface area contributed by atoms with E-state index in [0.717, 1.165) is 0 Å². The zero-order valence-electron chi connectivity index (χ0n) is 9.64. The molecular weight excluding hydrogens is 164 g/mol. The normalized spacial score (nSPS) is 12.5. The second-order valence-corrected chi connectivity index (χ2v) is 9.49. The first kappa shape index (κ1) is 14.6. The molecule has 0 spiro atoms. The Hall–Kier alpha value is 0.0469. The Labute approximate surface area is 79.3 Å². The van der Waals surface area contributed by atoms with Gasteiger partial charge in [-0.2, -0.15) is 0 Å². The molecule has 0 atom stereocenters. The van der Waals surface area contributed by atoms with Gasteiger partial charge in [0.1, 0.15) is 0 Å². The first-order chi connectivity index (χ1) is 4.83. The third-order valence-corrected chi connectivity index (χ3v) is 8.12. The zero-order valence-corrected chi connectivity index (χ0v) is 10.6. The van der Waals surface area contributed by atoms with Crippen LogP contribution in [0.25, 0.3) is 0 Å². The van der Waals surface area contributed by atoms with Crippen LogP contribution in [0.2, 0.25) is 16.6 Å². The summed E-state index contributed by atoms with van der Waals surface area (Å²) < 4.78 is 0. The van der Waals surface area contributed by atoms with E-state index >= 15 is 0 Å². The quantitative estimate of drug-likeness (QED) is 0.493. The molecule has 0 aliphatic carbocycles. The minimum absolute atomic E-state index is 0. The Morgan fingerprint density at radius 3 is 0.917 bits per heavy atom. The van der Waals surface area contributed by atoms with Crippen molar-refractivity contribution in [3.8, 4) is 0 Å². The van der Waals surface area contributed by atoms with E-state index in [1.807, 2.05) is 0 Å². The van der Waals surface area contributed by atoms with Gasteiger partial charge in [-0.3, -0.25) is 0 Å². The van der Waals surface area contributed by atoms with E-state index in [1.54, 1.807) is 0 Å². The summed E-state index contributed by atoms with van der Waals surface area (Å²) in [6.07, 6.45) is 0. The molecule has 0 aliphatic heterocycles. The van der Waals surface area contributed by atoms with Gasteiger partial charge in [-0.05, 0) is 8.32 Å². The van der Waals surface area contributed by atoms with Gasteiger partial charge in [0.25, 0.3) is 0 Å². The first-order valence-corrected chi connectivity index (χ1v) is 6.67. The van der Waals surface area contributed by atoms with Gasteiger partial charge in [0.15, 0.2) is 0 Å². The van der Waals surface area contributed by atoms with E-state index in [2.05, 4.69) is 41.5 Å². The van der Waals surface area contributed by atoms with Crippen LogP contribution in [-0.2, 0) is 0 Å². The summed E-state index contributed by atoms with van der Waals surface area (Å²) in [4.78, 5) is 12.3. The van der Waals surface area contributed by atoms with Crippen molar-refractivity contribution in [3.63, 3.8) is 0 Å². The van der Waals surface area contributed by atoms with Crippen molar-refractivity contribution in [2.45, 2.75) is 58.2 Å². The predicted molar refractivity (Wildman–Crippen MR) is 57.5 cm³/mol. The highest BCUT2D eigenvalue weighted by molar-refractivity contribution is 6.74. The molecule has 0 aromatic rings. The van der Waals surface area contributed by atoms with Crippen LogP contribution in [0.5, 0.6) is 0 Å². The van der Waals surface area contributed by atoms with Crippen LogP contribution in [0.4, 0.5) is 0 Å². The molecule has 0 aromatic heterocycles. The lowest BCUT2D eigenvalue weighted by atomic mass is 10.5. The molecule has 0 radical (unpaired) electrons. The van der Waals surface area contributed by atoms with Gasteiger partial charge in [-0.1, -0.05) is 58.2 Å². The third kappa shape index (κ3) is 2.52. The molecule has 0 heterocycles. The van der Waals surface area contributed by atoms with E-state index in [4.69, 9.17) is 0 Å². The molecule has 0 saturated carbocycles. The summed E-state index contributed by atoms with van der Waals surface area (Å²) in [6.45, 7) is 12.5. The van der Waals surface area contributed by atoms with E-state index in [1.165, 1.54) is 0 Å². The van der Waals surface area contributed by atoms with Crippen molar-refractivity contribution in [2.24, 2.45) is 0 Å². The smallest absolute Gasteiger partial charge is 0.0467 e. The van der Waals surface area contributed by atoms with Crippen LogP contribution >= 0.6 is 0 Å². The lowest BCUT2D eigenvalue weighted by molar-refractivity contribution is -0.217. The van der Waals surface area contributed by atoms with Crippen molar-refractivity contribution in [3.05, 3.63) is 7.43 Å². The van der Waals surface area contributed by atoms with Gasteiger partial charge >= 0.3 is 0 Å². The Balaban J connectivity index is 0. The summed E-state index contributed by atoms with van der Waals surface area (Å²) >= 11 is 0. The van der Waals surface area contributed by atoms with Crippen molar-refractivity contribution in [2.75, 3.05) is 0 Å². The van der Waals surface area contributed by atoms with Crippen LogP contribution in [-0.4, -0.2) is 8.32 Å². The summed E-state index contributed by atoms with van der Waals surface area (Å²) in [6, 6.07) is 0. The van der Waals surface area contributed by atoms with Gasteiger partial charge in [-0.25, -0.2) is 0 Å². The van der Waals surface area contributed by atoms with Crippen LogP contribution in [0, 0.1) is 7.43 Å². The lowest BCUT2D eigenvalue weighted by Gasteiger charge is -2.50. The molecule has 0 saturated heterocycles. The highest BCUT2D eigenvalue weighted by Crippen LogP contribution is 2.35. The summed E-state index contributed by atoms with van der Waals surface area (Å²) in [5.41, 5.74) is 1.09. The van der Waals surface area contributed by atoms with Crippen molar-refractivity contribution >= 4 is 8.32 Å². The fourth-order valence-electron chi connectivity index (χ4n) is 2.00. The molecule has 0 bridgehead atoms. The zero-order chi connectivity index (χ0) is 9.23. The molecule has 1 nitrogen and oxygen atoms in total. The van der Waals surface area contributed by atoms with Crippen molar-refractivity contribution < 1.29 is 4.80 Å². The van der Waals surface area contributed by atoms with Crippen molar-refractivity contribution in [1.82, 2.24) is 0 Å². The van der Waals surface area contributed by atoms with Crippen LogP contribution in [0.3, 0.4) is 0 Å². The average Bonchev–Trinajstić information content (AvgIpc) is 1.84. The SMILES string of the molecule is CC(C)[Si]([O-])(C(C)C)C(C)C.[CH3+]. The predicted octanol–water partition coefficient (Wildman–Crippen LogP) is 2.97. The van der Waals surface area contributed by atoms with Crippen LogP contribution in [0.1, 0.15) is 41.5 Å². The number of hydrogen-bond donors (Lipinski definition) is 0.